The van der Waals surface area contributed by atoms with E-state index < -0.39 is 0 Å². The van der Waals surface area contributed by atoms with E-state index in [0.717, 1.165) is 24.4 Å². The maximum atomic E-state index is 5.71. The number of nitrogens with two attached hydrogens (primary N) is 1. The second-order valence-electron chi connectivity index (χ2n) is 3.66. The molecule has 2 N–H and O–H groups in total. The van der Waals surface area contributed by atoms with E-state index >= 15 is 0 Å². The molecule has 0 saturated heterocycles. The van der Waals surface area contributed by atoms with Crippen LogP contribution in [0.3, 0.4) is 0 Å². The third kappa shape index (κ3) is 2.03. The van der Waals surface area contributed by atoms with Crippen LogP contribution >= 0.6 is 0 Å². The van der Waals surface area contributed by atoms with Gasteiger partial charge in [0.1, 0.15) is 11.6 Å². The number of rotatable bonds is 3. The molecule has 0 aliphatic rings. The van der Waals surface area contributed by atoms with Gasteiger partial charge in [-0.3, -0.25) is 4.68 Å². The predicted molar refractivity (Wildman–Crippen MR) is 62.7 cm³/mol. The Morgan fingerprint density at radius 1 is 1.38 bits per heavy atom. The van der Waals surface area contributed by atoms with Crippen LogP contribution in [0.1, 0.15) is 19.2 Å². The largest absolute Gasteiger partial charge is 0.384 e. The van der Waals surface area contributed by atoms with Crippen molar-refractivity contribution in [1.29, 1.82) is 0 Å². The zero-order valence-electron chi connectivity index (χ0n) is 9.51. The van der Waals surface area contributed by atoms with Gasteiger partial charge in [-0.2, -0.15) is 5.10 Å². The van der Waals surface area contributed by atoms with Crippen molar-refractivity contribution < 1.29 is 0 Å². The highest BCUT2D eigenvalue weighted by molar-refractivity contribution is 5.57. The van der Waals surface area contributed by atoms with E-state index in [4.69, 9.17) is 5.73 Å². The molecule has 0 unspecified atom stereocenters. The minimum atomic E-state index is 0.492. The third-order valence-corrected chi connectivity index (χ3v) is 2.27. The van der Waals surface area contributed by atoms with Crippen LogP contribution in [0.25, 0.3) is 11.4 Å². The molecule has 84 valence electrons. The monoisotopic (exact) mass is 217 g/mol. The molecule has 5 nitrogen and oxygen atoms in total. The molecule has 2 heterocycles. The Bertz CT molecular complexity index is 469. The summed E-state index contributed by atoms with van der Waals surface area (Å²) in [5.74, 6) is 1.17. The van der Waals surface area contributed by atoms with Gasteiger partial charge in [0, 0.05) is 18.8 Å². The van der Waals surface area contributed by atoms with E-state index in [1.807, 2.05) is 17.7 Å². The molecular formula is C11H15N5. The van der Waals surface area contributed by atoms with Gasteiger partial charge in [-0.05, 0) is 19.4 Å². The second kappa shape index (κ2) is 4.30. The van der Waals surface area contributed by atoms with Crippen LogP contribution in [0.4, 0.5) is 5.82 Å². The van der Waals surface area contributed by atoms with Crippen molar-refractivity contribution in [2.75, 3.05) is 5.73 Å². The number of hydrogen-bond donors (Lipinski definition) is 1. The molecule has 0 radical (unpaired) electrons. The van der Waals surface area contributed by atoms with Crippen molar-refractivity contribution in [3.8, 4) is 11.4 Å². The molecule has 16 heavy (non-hydrogen) atoms. The summed E-state index contributed by atoms with van der Waals surface area (Å²) in [4.78, 5) is 8.42. The minimum absolute atomic E-state index is 0.492. The van der Waals surface area contributed by atoms with Crippen LogP contribution in [-0.4, -0.2) is 19.7 Å². The Morgan fingerprint density at radius 3 is 2.88 bits per heavy atom. The fourth-order valence-corrected chi connectivity index (χ4v) is 1.66. The molecule has 0 fully saturated rings. The zero-order valence-corrected chi connectivity index (χ0v) is 9.51. The lowest BCUT2D eigenvalue weighted by molar-refractivity contribution is 0.608. The standard InChI is InChI=1S/C11H15N5/c1-3-6-16-10(4-5-13-16)9-7-11(12)15-8(2)14-9/h4-5,7H,3,6H2,1-2H3,(H2,12,14,15). The molecule has 0 bridgehead atoms. The number of nitrogens with zero attached hydrogens (tertiary/aromatic N) is 4. The molecule has 0 spiro atoms. The molecule has 5 heteroatoms. The van der Waals surface area contributed by atoms with Gasteiger partial charge >= 0.3 is 0 Å². The van der Waals surface area contributed by atoms with Gasteiger partial charge in [0.2, 0.25) is 0 Å². The lowest BCUT2D eigenvalue weighted by Crippen LogP contribution is -2.04. The van der Waals surface area contributed by atoms with Gasteiger partial charge in [0.15, 0.2) is 0 Å². The van der Waals surface area contributed by atoms with Gasteiger partial charge < -0.3 is 5.73 Å². The summed E-state index contributed by atoms with van der Waals surface area (Å²) in [7, 11) is 0. The maximum Gasteiger partial charge on any atom is 0.128 e. The molecular weight excluding hydrogens is 202 g/mol. The first-order valence-corrected chi connectivity index (χ1v) is 5.34. The van der Waals surface area contributed by atoms with Gasteiger partial charge in [-0.1, -0.05) is 6.92 Å². The first-order valence-electron chi connectivity index (χ1n) is 5.34. The summed E-state index contributed by atoms with van der Waals surface area (Å²) in [6, 6.07) is 3.72. The van der Waals surface area contributed by atoms with Gasteiger partial charge in [-0.25, -0.2) is 9.97 Å². The zero-order chi connectivity index (χ0) is 11.5. The quantitative estimate of drug-likeness (QED) is 0.848. The summed E-state index contributed by atoms with van der Waals surface area (Å²) in [6.45, 7) is 4.83. The summed E-state index contributed by atoms with van der Waals surface area (Å²) in [6.07, 6.45) is 2.81. The van der Waals surface area contributed by atoms with Crippen molar-refractivity contribution >= 4 is 5.82 Å². The molecule has 0 aliphatic carbocycles. The van der Waals surface area contributed by atoms with Crippen LogP contribution in [0.15, 0.2) is 18.3 Å². The SMILES string of the molecule is CCCn1nccc1-c1cc(N)nc(C)n1. The number of nitrogen functional groups attached to an aromatic ring is 1. The lowest BCUT2D eigenvalue weighted by atomic mass is 10.3. The average molecular weight is 217 g/mol. The summed E-state index contributed by atoms with van der Waals surface area (Å²) in [5, 5.41) is 4.26. The van der Waals surface area contributed by atoms with Crippen LogP contribution in [0.2, 0.25) is 0 Å². The van der Waals surface area contributed by atoms with Crippen molar-refractivity contribution in [3.05, 3.63) is 24.2 Å². The van der Waals surface area contributed by atoms with E-state index in [2.05, 4.69) is 22.0 Å². The second-order valence-corrected chi connectivity index (χ2v) is 3.66. The summed E-state index contributed by atoms with van der Waals surface area (Å²) >= 11 is 0. The highest BCUT2D eigenvalue weighted by atomic mass is 15.3. The third-order valence-electron chi connectivity index (χ3n) is 2.27. The summed E-state index contributed by atoms with van der Waals surface area (Å²) < 4.78 is 1.93. The fourth-order valence-electron chi connectivity index (χ4n) is 1.66. The van der Waals surface area contributed by atoms with E-state index in [1.54, 1.807) is 12.3 Å². The maximum absolute atomic E-state index is 5.71. The van der Waals surface area contributed by atoms with Crippen LogP contribution in [-0.2, 0) is 6.54 Å². The van der Waals surface area contributed by atoms with Crippen LogP contribution in [0.5, 0.6) is 0 Å². The number of hydrogen-bond acceptors (Lipinski definition) is 4. The Hall–Kier alpha value is -1.91. The number of aryl methyl sites for hydroxylation is 2. The normalized spacial score (nSPS) is 10.6. The molecule has 0 saturated carbocycles. The molecule has 2 aromatic heterocycles. The molecule has 0 atom stereocenters. The Labute approximate surface area is 94.3 Å². The minimum Gasteiger partial charge on any atom is -0.384 e. The Morgan fingerprint density at radius 2 is 2.19 bits per heavy atom. The molecule has 0 aliphatic heterocycles. The number of anilines is 1. The van der Waals surface area contributed by atoms with Crippen molar-refractivity contribution in [3.63, 3.8) is 0 Å². The lowest BCUT2D eigenvalue weighted by Gasteiger charge is -2.06. The molecule has 0 amide bonds. The van der Waals surface area contributed by atoms with Gasteiger partial charge in [-0.15, -0.1) is 0 Å². The topological polar surface area (TPSA) is 69.6 Å². The Balaban J connectivity index is 2.45. The van der Waals surface area contributed by atoms with E-state index in [1.165, 1.54) is 0 Å². The first kappa shape index (κ1) is 10.6. The number of aromatic nitrogens is 4. The van der Waals surface area contributed by atoms with Gasteiger partial charge in [0.05, 0.1) is 11.4 Å². The molecule has 2 rings (SSSR count). The first-order chi connectivity index (χ1) is 7.70. The van der Waals surface area contributed by atoms with Crippen LogP contribution < -0.4 is 5.73 Å². The van der Waals surface area contributed by atoms with Crippen molar-refractivity contribution in [2.24, 2.45) is 0 Å². The highest BCUT2D eigenvalue weighted by Crippen LogP contribution is 2.18. The average Bonchev–Trinajstić information content (AvgIpc) is 2.65. The molecule has 2 aromatic rings. The van der Waals surface area contributed by atoms with E-state index in [-0.39, 0.29) is 0 Å². The van der Waals surface area contributed by atoms with Crippen LogP contribution in [0, 0.1) is 6.92 Å². The van der Waals surface area contributed by atoms with Crippen molar-refractivity contribution in [2.45, 2.75) is 26.8 Å². The van der Waals surface area contributed by atoms with E-state index in [0.29, 0.717) is 11.6 Å². The molecule has 0 aromatic carbocycles. The van der Waals surface area contributed by atoms with Crippen molar-refractivity contribution in [1.82, 2.24) is 19.7 Å². The van der Waals surface area contributed by atoms with E-state index in [9.17, 15) is 0 Å². The highest BCUT2D eigenvalue weighted by Gasteiger charge is 2.07. The fraction of sp³-hybridized carbons (Fsp3) is 0.364. The summed E-state index contributed by atoms with van der Waals surface area (Å²) in [5.41, 5.74) is 7.52. The Kier molecular flexibility index (Phi) is 2.85. The smallest absolute Gasteiger partial charge is 0.128 e. The predicted octanol–water partition coefficient (Wildman–Crippen LogP) is 1.64. The van der Waals surface area contributed by atoms with Gasteiger partial charge in [0.25, 0.3) is 0 Å².